The molecule has 1 spiro atoms. The van der Waals surface area contributed by atoms with Crippen molar-refractivity contribution in [1.29, 1.82) is 0 Å². The molecule has 0 aliphatic carbocycles. The third-order valence-corrected chi connectivity index (χ3v) is 5.43. The van der Waals surface area contributed by atoms with E-state index in [0.29, 0.717) is 27.7 Å². The minimum atomic E-state index is -0.893. The zero-order chi connectivity index (χ0) is 23.2. The third kappa shape index (κ3) is 5.44. The molecule has 170 valence electrons. The van der Waals surface area contributed by atoms with Crippen molar-refractivity contribution < 1.29 is 23.9 Å². The number of hydrogen-bond acceptors (Lipinski definition) is 6. The zero-order valence-corrected chi connectivity index (χ0v) is 20.1. The Morgan fingerprint density at radius 2 is 1.68 bits per heavy atom. The van der Waals surface area contributed by atoms with Crippen molar-refractivity contribution in [3.63, 3.8) is 0 Å². The number of esters is 1. The lowest BCUT2D eigenvalue weighted by atomic mass is 9.91. The monoisotopic (exact) mass is 470 g/mol. The fraction of sp³-hybridized carbons (Fsp3) is 0.591. The SMILES string of the molecule is CC(C)(C)OC(=O)[C@@H]1C[C@@]2(CC(c3c(Cl)cccc3Cl)=NO2)CN1C(=O)OC(C)(C)C. The number of carbonyl (C=O) groups excluding carboxylic acids is 2. The van der Waals surface area contributed by atoms with Crippen LogP contribution in [-0.4, -0.2) is 52.1 Å². The molecule has 3 rings (SSSR count). The van der Waals surface area contributed by atoms with E-state index in [9.17, 15) is 9.59 Å². The van der Waals surface area contributed by atoms with Gasteiger partial charge in [-0.2, -0.15) is 0 Å². The Balaban J connectivity index is 1.86. The predicted octanol–water partition coefficient (Wildman–Crippen LogP) is 5.21. The number of ether oxygens (including phenoxy) is 2. The Kier molecular flexibility index (Phi) is 6.24. The van der Waals surface area contributed by atoms with E-state index in [1.807, 2.05) is 0 Å². The van der Waals surface area contributed by atoms with Gasteiger partial charge in [0.2, 0.25) is 0 Å². The highest BCUT2D eigenvalue weighted by atomic mass is 35.5. The van der Waals surface area contributed by atoms with Crippen LogP contribution in [0, 0.1) is 0 Å². The first-order chi connectivity index (χ1) is 14.2. The van der Waals surface area contributed by atoms with Crippen LogP contribution in [0.5, 0.6) is 0 Å². The molecular formula is C22H28Cl2N2O5. The van der Waals surface area contributed by atoms with Crippen LogP contribution in [0.1, 0.15) is 59.9 Å². The molecule has 0 unspecified atom stereocenters. The molecule has 2 atom stereocenters. The van der Waals surface area contributed by atoms with Crippen molar-refractivity contribution in [2.24, 2.45) is 5.16 Å². The largest absolute Gasteiger partial charge is 0.458 e. The van der Waals surface area contributed by atoms with Crippen molar-refractivity contribution in [2.45, 2.75) is 77.2 Å². The van der Waals surface area contributed by atoms with Crippen LogP contribution < -0.4 is 0 Å². The topological polar surface area (TPSA) is 77.4 Å². The highest BCUT2D eigenvalue weighted by molar-refractivity contribution is 6.40. The molecule has 31 heavy (non-hydrogen) atoms. The molecule has 9 heteroatoms. The molecule has 7 nitrogen and oxygen atoms in total. The lowest BCUT2D eigenvalue weighted by Gasteiger charge is -2.29. The van der Waals surface area contributed by atoms with E-state index in [-0.39, 0.29) is 13.0 Å². The Bertz CT molecular complexity index is 861. The maximum absolute atomic E-state index is 12.9. The average molecular weight is 471 g/mol. The molecule has 1 amide bonds. The minimum Gasteiger partial charge on any atom is -0.458 e. The summed E-state index contributed by atoms with van der Waals surface area (Å²) in [6, 6.07) is 4.34. The second-order valence-electron chi connectivity index (χ2n) is 9.95. The number of amides is 1. The van der Waals surface area contributed by atoms with Crippen LogP contribution in [0.4, 0.5) is 4.79 Å². The highest BCUT2D eigenvalue weighted by Crippen LogP contribution is 2.41. The molecule has 0 bridgehead atoms. The van der Waals surface area contributed by atoms with Crippen molar-refractivity contribution in [3.8, 4) is 0 Å². The third-order valence-electron chi connectivity index (χ3n) is 4.80. The number of carbonyl (C=O) groups is 2. The van der Waals surface area contributed by atoms with Crippen LogP contribution in [-0.2, 0) is 19.1 Å². The Morgan fingerprint density at radius 3 is 2.23 bits per heavy atom. The lowest BCUT2D eigenvalue weighted by Crippen LogP contribution is -2.46. The van der Waals surface area contributed by atoms with Gasteiger partial charge in [-0.1, -0.05) is 34.4 Å². The van der Waals surface area contributed by atoms with Gasteiger partial charge in [0, 0.05) is 18.4 Å². The van der Waals surface area contributed by atoms with E-state index in [2.05, 4.69) is 5.16 Å². The van der Waals surface area contributed by atoms with Gasteiger partial charge in [0.25, 0.3) is 0 Å². The first kappa shape index (κ1) is 23.7. The highest BCUT2D eigenvalue weighted by Gasteiger charge is 2.55. The van der Waals surface area contributed by atoms with E-state index in [1.165, 1.54) is 4.90 Å². The van der Waals surface area contributed by atoms with E-state index in [1.54, 1.807) is 59.7 Å². The normalized spacial score (nSPS) is 23.5. The average Bonchev–Trinajstić information content (AvgIpc) is 3.16. The molecule has 2 aliphatic rings. The number of halogens is 2. The summed E-state index contributed by atoms with van der Waals surface area (Å²) in [6.07, 6.45) is -0.0429. The van der Waals surface area contributed by atoms with E-state index in [4.69, 9.17) is 37.5 Å². The van der Waals surface area contributed by atoms with Crippen molar-refractivity contribution in [1.82, 2.24) is 4.90 Å². The summed E-state index contributed by atoms with van der Waals surface area (Å²) in [5.74, 6) is -0.511. The number of oxime groups is 1. The van der Waals surface area contributed by atoms with Gasteiger partial charge in [0.1, 0.15) is 17.2 Å². The van der Waals surface area contributed by atoms with Crippen LogP contribution >= 0.6 is 23.2 Å². The van der Waals surface area contributed by atoms with Gasteiger partial charge in [0.05, 0.1) is 22.3 Å². The van der Waals surface area contributed by atoms with Gasteiger partial charge in [0.15, 0.2) is 5.60 Å². The molecule has 2 heterocycles. The van der Waals surface area contributed by atoms with E-state index in [0.717, 1.165) is 0 Å². The Morgan fingerprint density at radius 1 is 1.10 bits per heavy atom. The molecule has 0 radical (unpaired) electrons. The summed E-state index contributed by atoms with van der Waals surface area (Å²) in [6.45, 7) is 10.8. The minimum absolute atomic E-state index is 0.126. The number of hydrogen-bond donors (Lipinski definition) is 0. The summed E-state index contributed by atoms with van der Waals surface area (Å²) in [7, 11) is 0. The first-order valence-electron chi connectivity index (χ1n) is 10.1. The summed E-state index contributed by atoms with van der Waals surface area (Å²) >= 11 is 12.7. The number of rotatable bonds is 2. The maximum atomic E-state index is 12.9. The van der Waals surface area contributed by atoms with Gasteiger partial charge >= 0.3 is 12.1 Å². The maximum Gasteiger partial charge on any atom is 0.411 e. The van der Waals surface area contributed by atoms with Gasteiger partial charge in [-0.3, -0.25) is 4.90 Å². The van der Waals surface area contributed by atoms with Gasteiger partial charge in [-0.05, 0) is 53.7 Å². The predicted molar refractivity (Wildman–Crippen MR) is 119 cm³/mol. The summed E-state index contributed by atoms with van der Waals surface area (Å²) in [5, 5.41) is 5.13. The van der Waals surface area contributed by atoms with Gasteiger partial charge in [-0.25, -0.2) is 9.59 Å². The second-order valence-corrected chi connectivity index (χ2v) is 10.8. The van der Waals surface area contributed by atoms with Crippen LogP contribution in [0.25, 0.3) is 0 Å². The number of nitrogens with zero attached hydrogens (tertiary/aromatic N) is 2. The molecule has 0 aromatic heterocycles. The molecule has 1 saturated heterocycles. The molecule has 2 aliphatic heterocycles. The standard InChI is InChI=1S/C22H28Cl2N2O5/c1-20(2,3)29-18(27)16-11-22(12-26(16)19(28)30-21(4,5)6)10-15(25-31-22)17-13(23)8-7-9-14(17)24/h7-9,16H,10-12H2,1-6H3/t16-,22-/m0/s1. The van der Waals surface area contributed by atoms with Gasteiger partial charge < -0.3 is 14.3 Å². The quantitative estimate of drug-likeness (QED) is 0.554. The Labute approximate surface area is 192 Å². The molecular weight excluding hydrogens is 443 g/mol. The van der Waals surface area contributed by atoms with Crippen molar-refractivity contribution in [3.05, 3.63) is 33.8 Å². The van der Waals surface area contributed by atoms with Crippen molar-refractivity contribution >= 4 is 41.0 Å². The second kappa shape index (κ2) is 8.17. The van der Waals surface area contributed by atoms with Crippen molar-refractivity contribution in [2.75, 3.05) is 6.54 Å². The smallest absolute Gasteiger partial charge is 0.411 e. The van der Waals surface area contributed by atoms with Gasteiger partial charge in [-0.15, -0.1) is 0 Å². The molecule has 1 aromatic carbocycles. The van der Waals surface area contributed by atoms with Crippen LogP contribution in [0.2, 0.25) is 10.0 Å². The first-order valence-corrected chi connectivity index (χ1v) is 10.9. The number of likely N-dealkylation sites (tertiary alicyclic amines) is 1. The zero-order valence-electron chi connectivity index (χ0n) is 18.6. The Hall–Kier alpha value is -1.99. The lowest BCUT2D eigenvalue weighted by molar-refractivity contribution is -0.160. The molecule has 0 saturated carbocycles. The molecule has 1 fully saturated rings. The van der Waals surface area contributed by atoms with E-state index < -0.39 is 34.9 Å². The fourth-order valence-electron chi connectivity index (χ4n) is 3.66. The fourth-order valence-corrected chi connectivity index (χ4v) is 4.28. The summed E-state index contributed by atoms with van der Waals surface area (Å²) in [5.41, 5.74) is -1.14. The van der Waals surface area contributed by atoms with Crippen LogP contribution in [0.15, 0.2) is 23.4 Å². The summed E-state index contributed by atoms with van der Waals surface area (Å²) in [4.78, 5) is 33.0. The molecule has 0 N–H and O–H groups in total. The number of benzene rings is 1. The molecule has 1 aromatic rings. The van der Waals surface area contributed by atoms with Crippen LogP contribution in [0.3, 0.4) is 0 Å². The van der Waals surface area contributed by atoms with E-state index >= 15 is 0 Å². The summed E-state index contributed by atoms with van der Waals surface area (Å²) < 4.78 is 11.1.